The van der Waals surface area contributed by atoms with Gasteiger partial charge in [-0.25, -0.2) is 9.97 Å². The number of nitrogens with one attached hydrogen (secondary N) is 1. The van der Waals surface area contributed by atoms with Crippen LogP contribution in [-0.2, 0) is 25.6 Å². The van der Waals surface area contributed by atoms with E-state index in [-0.39, 0.29) is 35.0 Å². The lowest BCUT2D eigenvalue weighted by Crippen LogP contribution is -2.25. The minimum absolute atomic E-state index is 0.0208. The maximum Gasteiger partial charge on any atom is 0.326 e. The SMILES string of the molecule is CCOC(=O)CBr.CCOC(=O)Cn1ccnc(Cl)c1=O.O=c1[nH]ccnc1Cl. The number of aromatic nitrogens is 4. The molecule has 1 N–H and O–H groups in total. The van der Waals surface area contributed by atoms with Crippen LogP contribution in [0.5, 0.6) is 0 Å². The molecule has 0 bridgehead atoms. The van der Waals surface area contributed by atoms with Crippen LogP contribution in [0, 0.1) is 0 Å². The number of H-pyrrole nitrogens is 1. The van der Waals surface area contributed by atoms with E-state index >= 15 is 0 Å². The Balaban J connectivity index is 0.000000444. The fraction of sp³-hybridized carbons (Fsp3) is 0.375. The summed E-state index contributed by atoms with van der Waals surface area (Å²) in [7, 11) is 0. The first-order valence-electron chi connectivity index (χ1n) is 8.04. The summed E-state index contributed by atoms with van der Waals surface area (Å²) in [4.78, 5) is 52.2. The lowest BCUT2D eigenvalue weighted by Gasteiger charge is -2.04. The molecule has 0 atom stereocenters. The molecular formula is C16H19BrCl2N4O6. The normalized spacial score (nSPS) is 9.28. The van der Waals surface area contributed by atoms with Crippen molar-refractivity contribution in [3.63, 3.8) is 0 Å². The molecule has 0 unspecified atom stereocenters. The van der Waals surface area contributed by atoms with Gasteiger partial charge in [0.1, 0.15) is 11.9 Å². The van der Waals surface area contributed by atoms with Gasteiger partial charge in [0.2, 0.25) is 0 Å². The maximum atomic E-state index is 11.3. The number of carbonyl (C=O) groups excluding carboxylic acids is 2. The summed E-state index contributed by atoms with van der Waals surface area (Å²) in [6.45, 7) is 4.08. The molecule has 0 aliphatic carbocycles. The first kappa shape index (κ1) is 26.8. The average molecular weight is 514 g/mol. The van der Waals surface area contributed by atoms with Crippen molar-refractivity contribution in [2.45, 2.75) is 20.4 Å². The Bertz CT molecular complexity index is 890. The van der Waals surface area contributed by atoms with Gasteiger partial charge in [0.15, 0.2) is 10.3 Å². The zero-order valence-corrected chi connectivity index (χ0v) is 18.7. The van der Waals surface area contributed by atoms with E-state index < -0.39 is 11.5 Å². The average Bonchev–Trinajstić information content (AvgIpc) is 2.69. The van der Waals surface area contributed by atoms with Gasteiger partial charge in [-0.15, -0.1) is 0 Å². The summed E-state index contributed by atoms with van der Waals surface area (Å²) in [5, 5.41) is 0.116. The van der Waals surface area contributed by atoms with Gasteiger partial charge < -0.3 is 19.0 Å². The summed E-state index contributed by atoms with van der Waals surface area (Å²) in [5.41, 5.74) is -0.851. The first-order chi connectivity index (χ1) is 13.8. The highest BCUT2D eigenvalue weighted by molar-refractivity contribution is 9.09. The number of rotatable bonds is 5. The minimum atomic E-state index is -0.498. The Morgan fingerprint density at radius 3 is 2.10 bits per heavy atom. The summed E-state index contributed by atoms with van der Waals surface area (Å²) >= 11 is 13.7. The lowest BCUT2D eigenvalue weighted by atomic mass is 10.6. The van der Waals surface area contributed by atoms with E-state index in [1.165, 1.54) is 24.8 Å². The van der Waals surface area contributed by atoms with E-state index in [0.29, 0.717) is 11.9 Å². The molecule has 13 heteroatoms. The van der Waals surface area contributed by atoms with Crippen molar-refractivity contribution >= 4 is 51.1 Å². The van der Waals surface area contributed by atoms with E-state index in [1.807, 2.05) is 0 Å². The molecule has 0 spiro atoms. The largest absolute Gasteiger partial charge is 0.465 e. The smallest absolute Gasteiger partial charge is 0.326 e. The van der Waals surface area contributed by atoms with Crippen molar-refractivity contribution in [2.24, 2.45) is 0 Å². The molecule has 0 amide bonds. The molecule has 2 aromatic rings. The van der Waals surface area contributed by atoms with Crippen LogP contribution in [0.3, 0.4) is 0 Å². The highest BCUT2D eigenvalue weighted by Gasteiger charge is 2.06. The number of carbonyl (C=O) groups is 2. The third kappa shape index (κ3) is 12.0. The number of halogens is 3. The standard InChI is InChI=1S/C8H9ClN2O3.C4H7BrO2.C4H3ClN2O/c1-2-14-6(12)5-11-4-3-10-7(9)8(11)13;1-2-7-4(6)3-5;5-3-4(8)7-2-1-6-3/h3-4H,2,5H2,1H3;2-3H2,1H3;1-2H,(H,7,8). The summed E-state index contributed by atoms with van der Waals surface area (Å²) in [6.07, 6.45) is 5.58. The second-order valence-corrected chi connectivity index (χ2v) is 5.88. The Labute approximate surface area is 184 Å². The van der Waals surface area contributed by atoms with E-state index in [9.17, 15) is 19.2 Å². The minimum Gasteiger partial charge on any atom is -0.465 e. The molecule has 0 fully saturated rings. The van der Waals surface area contributed by atoms with E-state index in [2.05, 4.69) is 40.4 Å². The topological polar surface area (TPSA) is 133 Å². The molecule has 0 saturated heterocycles. The zero-order valence-electron chi connectivity index (χ0n) is 15.6. The Morgan fingerprint density at radius 2 is 1.66 bits per heavy atom. The van der Waals surface area contributed by atoms with E-state index in [4.69, 9.17) is 23.2 Å². The summed E-state index contributed by atoms with van der Waals surface area (Å²) in [5.74, 6) is -0.681. The molecular weight excluding hydrogens is 495 g/mol. The number of ether oxygens (including phenoxy) is 2. The van der Waals surface area contributed by atoms with Crippen molar-refractivity contribution < 1.29 is 19.1 Å². The molecule has 160 valence electrons. The number of aromatic amines is 1. The van der Waals surface area contributed by atoms with Crippen molar-refractivity contribution in [1.82, 2.24) is 19.5 Å². The molecule has 0 aliphatic heterocycles. The molecule has 0 aromatic carbocycles. The quantitative estimate of drug-likeness (QED) is 0.472. The molecule has 2 rings (SSSR count). The van der Waals surface area contributed by atoms with Crippen LogP contribution in [0.2, 0.25) is 10.3 Å². The number of esters is 2. The van der Waals surface area contributed by atoms with Crippen LogP contribution in [0.25, 0.3) is 0 Å². The predicted octanol–water partition coefficient (Wildman–Crippen LogP) is 1.83. The van der Waals surface area contributed by atoms with Crippen LogP contribution in [-0.4, -0.2) is 50.0 Å². The monoisotopic (exact) mass is 512 g/mol. The van der Waals surface area contributed by atoms with Gasteiger partial charge in [0.25, 0.3) is 11.1 Å². The number of nitrogens with zero attached hydrogens (tertiary/aromatic N) is 3. The van der Waals surface area contributed by atoms with Crippen LogP contribution in [0.15, 0.2) is 34.4 Å². The predicted molar refractivity (Wildman–Crippen MR) is 110 cm³/mol. The Morgan fingerprint density at radius 1 is 1.07 bits per heavy atom. The third-order valence-corrected chi connectivity index (χ3v) is 3.54. The third-order valence-electron chi connectivity index (χ3n) is 2.56. The van der Waals surface area contributed by atoms with Crippen LogP contribution in [0.4, 0.5) is 0 Å². The second-order valence-electron chi connectivity index (χ2n) is 4.60. The van der Waals surface area contributed by atoms with Gasteiger partial charge in [-0.2, -0.15) is 0 Å². The fourth-order valence-corrected chi connectivity index (χ4v) is 1.86. The van der Waals surface area contributed by atoms with Gasteiger partial charge in [-0.3, -0.25) is 19.2 Å². The number of hydrogen-bond acceptors (Lipinski definition) is 8. The van der Waals surface area contributed by atoms with Gasteiger partial charge in [-0.05, 0) is 13.8 Å². The second kappa shape index (κ2) is 15.7. The van der Waals surface area contributed by atoms with Crippen molar-refractivity contribution in [1.29, 1.82) is 0 Å². The Hall–Kier alpha value is -2.24. The van der Waals surface area contributed by atoms with Crippen molar-refractivity contribution in [3.8, 4) is 0 Å². The maximum absolute atomic E-state index is 11.3. The van der Waals surface area contributed by atoms with Gasteiger partial charge in [0, 0.05) is 24.8 Å². The van der Waals surface area contributed by atoms with E-state index in [1.54, 1.807) is 13.8 Å². The molecule has 10 nitrogen and oxygen atoms in total. The zero-order chi connectivity index (χ0) is 22.2. The molecule has 0 aliphatic rings. The highest BCUT2D eigenvalue weighted by Crippen LogP contribution is 1.94. The molecule has 29 heavy (non-hydrogen) atoms. The lowest BCUT2D eigenvalue weighted by molar-refractivity contribution is -0.144. The van der Waals surface area contributed by atoms with Crippen molar-refractivity contribution in [2.75, 3.05) is 18.5 Å². The van der Waals surface area contributed by atoms with Crippen LogP contribution < -0.4 is 11.1 Å². The summed E-state index contributed by atoms with van der Waals surface area (Å²) in [6, 6.07) is 0. The van der Waals surface area contributed by atoms with Gasteiger partial charge >= 0.3 is 11.9 Å². The first-order valence-corrected chi connectivity index (χ1v) is 9.91. The fourth-order valence-electron chi connectivity index (χ4n) is 1.42. The van der Waals surface area contributed by atoms with Crippen molar-refractivity contribution in [3.05, 3.63) is 55.8 Å². The molecule has 0 saturated carbocycles. The Kier molecular flexibility index (Phi) is 14.4. The molecule has 2 aromatic heterocycles. The number of hydrogen-bond donors (Lipinski definition) is 1. The van der Waals surface area contributed by atoms with Gasteiger partial charge in [-0.1, -0.05) is 39.1 Å². The van der Waals surface area contributed by atoms with Crippen LogP contribution >= 0.6 is 39.1 Å². The molecule has 2 heterocycles. The van der Waals surface area contributed by atoms with Gasteiger partial charge in [0.05, 0.1) is 13.2 Å². The number of alkyl halides is 1. The highest BCUT2D eigenvalue weighted by atomic mass is 79.9. The van der Waals surface area contributed by atoms with Crippen LogP contribution in [0.1, 0.15) is 13.8 Å². The summed E-state index contributed by atoms with van der Waals surface area (Å²) < 4.78 is 10.3. The molecule has 0 radical (unpaired) electrons. The van der Waals surface area contributed by atoms with E-state index in [0.717, 1.165) is 4.57 Å².